The van der Waals surface area contributed by atoms with E-state index in [0.717, 1.165) is 24.3 Å². The summed E-state index contributed by atoms with van der Waals surface area (Å²) < 4.78 is 51.5. The van der Waals surface area contributed by atoms with Gasteiger partial charge in [-0.3, -0.25) is 4.79 Å². The van der Waals surface area contributed by atoms with Crippen molar-refractivity contribution in [2.24, 2.45) is 0 Å². The molecule has 0 aromatic heterocycles. The Morgan fingerprint density at radius 2 is 1.55 bits per heavy atom. The summed E-state index contributed by atoms with van der Waals surface area (Å²) in [6.45, 7) is 0. The third-order valence-electron chi connectivity index (χ3n) is 2.69. The van der Waals surface area contributed by atoms with Crippen LogP contribution in [0.15, 0.2) is 36.4 Å². The molecule has 0 aliphatic rings. The maximum absolute atomic E-state index is 13.0. The number of thioether (sulfide) groups is 1. The maximum Gasteiger partial charge on any atom is 0.234 e. The van der Waals surface area contributed by atoms with Gasteiger partial charge in [0.05, 0.1) is 5.75 Å². The number of hydrogen-bond donors (Lipinski definition) is 1. The van der Waals surface area contributed by atoms with Gasteiger partial charge in [0.1, 0.15) is 0 Å². The number of carbonyl (C=O) groups is 1. The van der Waals surface area contributed by atoms with Crippen LogP contribution in [-0.2, 0) is 10.5 Å². The van der Waals surface area contributed by atoms with Gasteiger partial charge in [-0.15, -0.1) is 11.8 Å². The number of amides is 1. The van der Waals surface area contributed by atoms with Crippen LogP contribution in [0.3, 0.4) is 0 Å². The van der Waals surface area contributed by atoms with Gasteiger partial charge in [-0.2, -0.15) is 0 Å². The molecule has 1 amide bonds. The van der Waals surface area contributed by atoms with Crippen LogP contribution in [0, 0.1) is 23.3 Å². The third-order valence-corrected chi connectivity index (χ3v) is 3.69. The predicted octanol–water partition coefficient (Wildman–Crippen LogP) is 4.11. The predicted molar refractivity (Wildman–Crippen MR) is 77.5 cm³/mol. The molecule has 0 aliphatic carbocycles. The van der Waals surface area contributed by atoms with Crippen LogP contribution in [0.2, 0.25) is 0 Å². The van der Waals surface area contributed by atoms with E-state index >= 15 is 0 Å². The fourth-order valence-electron chi connectivity index (χ4n) is 1.66. The minimum atomic E-state index is -1.05. The van der Waals surface area contributed by atoms with Crippen molar-refractivity contribution in [2.75, 3.05) is 11.1 Å². The molecule has 0 aliphatic heterocycles. The molecule has 0 atom stereocenters. The summed E-state index contributed by atoms with van der Waals surface area (Å²) in [6.07, 6.45) is 0. The highest BCUT2D eigenvalue weighted by molar-refractivity contribution is 7.99. The highest BCUT2D eigenvalue weighted by Gasteiger charge is 2.07. The largest absolute Gasteiger partial charge is 0.325 e. The SMILES string of the molecule is O=C(CSCc1ccc(F)c(F)c1)Nc1ccc(F)c(F)c1. The fourth-order valence-corrected chi connectivity index (χ4v) is 2.44. The monoisotopic (exact) mass is 329 g/mol. The maximum atomic E-state index is 13.0. The summed E-state index contributed by atoms with van der Waals surface area (Å²) in [6, 6.07) is 6.56. The lowest BCUT2D eigenvalue weighted by Gasteiger charge is -2.06. The Bertz CT molecular complexity index is 693. The van der Waals surface area contributed by atoms with Crippen molar-refractivity contribution in [1.82, 2.24) is 0 Å². The molecule has 0 unspecified atom stereocenters. The molecule has 2 rings (SSSR count). The summed E-state index contributed by atoms with van der Waals surface area (Å²) >= 11 is 1.19. The van der Waals surface area contributed by atoms with Crippen molar-refractivity contribution >= 4 is 23.4 Å². The van der Waals surface area contributed by atoms with Crippen LogP contribution < -0.4 is 5.32 Å². The van der Waals surface area contributed by atoms with Gasteiger partial charge in [-0.25, -0.2) is 17.6 Å². The molecular formula is C15H11F4NOS. The summed E-state index contributed by atoms with van der Waals surface area (Å²) in [7, 11) is 0. The summed E-state index contributed by atoms with van der Waals surface area (Å²) in [5, 5.41) is 2.42. The van der Waals surface area contributed by atoms with Gasteiger partial charge in [0.15, 0.2) is 23.3 Å². The van der Waals surface area contributed by atoms with Crippen LogP contribution in [0.4, 0.5) is 23.2 Å². The highest BCUT2D eigenvalue weighted by Crippen LogP contribution is 2.17. The van der Waals surface area contributed by atoms with Gasteiger partial charge in [0.2, 0.25) is 5.91 Å². The number of benzene rings is 2. The fraction of sp³-hybridized carbons (Fsp3) is 0.133. The van der Waals surface area contributed by atoms with Gasteiger partial charge in [0, 0.05) is 17.5 Å². The van der Waals surface area contributed by atoms with Crippen molar-refractivity contribution in [2.45, 2.75) is 5.75 Å². The number of nitrogens with one attached hydrogen (secondary N) is 1. The topological polar surface area (TPSA) is 29.1 Å². The smallest absolute Gasteiger partial charge is 0.234 e. The quantitative estimate of drug-likeness (QED) is 0.836. The van der Waals surface area contributed by atoms with E-state index in [1.54, 1.807) is 0 Å². The number of halogens is 4. The average Bonchev–Trinajstić information content (AvgIpc) is 2.47. The van der Waals surface area contributed by atoms with Crippen molar-refractivity contribution in [1.29, 1.82) is 0 Å². The summed E-state index contributed by atoms with van der Waals surface area (Å²) in [5.41, 5.74) is 0.696. The van der Waals surface area contributed by atoms with Gasteiger partial charge >= 0.3 is 0 Å². The van der Waals surface area contributed by atoms with E-state index < -0.39 is 29.2 Å². The van der Waals surface area contributed by atoms with E-state index in [0.29, 0.717) is 11.3 Å². The van der Waals surface area contributed by atoms with Crippen LogP contribution in [0.1, 0.15) is 5.56 Å². The van der Waals surface area contributed by atoms with Gasteiger partial charge in [-0.05, 0) is 29.8 Å². The van der Waals surface area contributed by atoms with E-state index in [4.69, 9.17) is 0 Å². The van der Waals surface area contributed by atoms with Crippen LogP contribution in [0.25, 0.3) is 0 Å². The Balaban J connectivity index is 1.82. The zero-order valence-electron chi connectivity index (χ0n) is 11.2. The summed E-state index contributed by atoms with van der Waals surface area (Å²) in [4.78, 5) is 11.6. The molecule has 0 saturated heterocycles. The minimum Gasteiger partial charge on any atom is -0.325 e. The Morgan fingerprint density at radius 1 is 0.909 bits per heavy atom. The second kappa shape index (κ2) is 7.31. The molecule has 0 saturated carbocycles. The Labute approximate surface area is 128 Å². The van der Waals surface area contributed by atoms with Crippen molar-refractivity contribution in [3.05, 3.63) is 65.2 Å². The molecule has 2 nitrogen and oxygen atoms in total. The first-order valence-electron chi connectivity index (χ1n) is 6.22. The standard InChI is InChI=1S/C15H11F4NOS/c16-11-3-1-9(5-13(11)18)7-22-8-15(21)20-10-2-4-12(17)14(19)6-10/h1-6H,7-8H2,(H,20,21). The van der Waals surface area contributed by atoms with E-state index in [1.165, 1.54) is 23.9 Å². The number of rotatable bonds is 5. The molecule has 1 N–H and O–H groups in total. The molecule has 0 spiro atoms. The number of anilines is 1. The van der Waals surface area contributed by atoms with E-state index in [-0.39, 0.29) is 11.4 Å². The average molecular weight is 329 g/mol. The van der Waals surface area contributed by atoms with E-state index in [9.17, 15) is 22.4 Å². The third kappa shape index (κ3) is 4.49. The molecule has 0 bridgehead atoms. The van der Waals surface area contributed by atoms with Crippen molar-refractivity contribution in [3.63, 3.8) is 0 Å². The minimum absolute atomic E-state index is 0.0397. The molecule has 2 aromatic carbocycles. The molecule has 2 aromatic rings. The molecule has 0 radical (unpaired) electrons. The van der Waals surface area contributed by atoms with Crippen LogP contribution in [-0.4, -0.2) is 11.7 Å². The first-order valence-corrected chi connectivity index (χ1v) is 7.38. The first-order chi connectivity index (χ1) is 10.5. The zero-order valence-corrected chi connectivity index (χ0v) is 12.0. The lowest BCUT2D eigenvalue weighted by molar-refractivity contribution is -0.113. The number of carbonyl (C=O) groups excluding carboxylic acids is 1. The molecule has 116 valence electrons. The molecular weight excluding hydrogens is 318 g/mol. The van der Waals surface area contributed by atoms with Gasteiger partial charge in [0.25, 0.3) is 0 Å². The Hall–Kier alpha value is -2.02. The summed E-state index contributed by atoms with van der Waals surface area (Å²) in [5.74, 6) is -3.95. The lowest BCUT2D eigenvalue weighted by Crippen LogP contribution is -2.14. The number of hydrogen-bond acceptors (Lipinski definition) is 2. The van der Waals surface area contributed by atoms with Crippen molar-refractivity contribution in [3.8, 4) is 0 Å². The van der Waals surface area contributed by atoms with E-state index in [1.807, 2.05) is 0 Å². The van der Waals surface area contributed by atoms with Gasteiger partial charge in [-0.1, -0.05) is 6.07 Å². The first kappa shape index (κ1) is 16.4. The van der Waals surface area contributed by atoms with Crippen LogP contribution >= 0.6 is 11.8 Å². The second-order valence-corrected chi connectivity index (χ2v) is 5.40. The zero-order chi connectivity index (χ0) is 16.1. The molecule has 22 heavy (non-hydrogen) atoms. The lowest BCUT2D eigenvalue weighted by atomic mass is 10.2. The Kier molecular flexibility index (Phi) is 5.43. The molecule has 7 heteroatoms. The molecule has 0 heterocycles. The van der Waals surface area contributed by atoms with Gasteiger partial charge < -0.3 is 5.32 Å². The normalized spacial score (nSPS) is 10.5. The van der Waals surface area contributed by atoms with Crippen LogP contribution in [0.5, 0.6) is 0 Å². The second-order valence-electron chi connectivity index (χ2n) is 4.42. The highest BCUT2D eigenvalue weighted by atomic mass is 32.2. The van der Waals surface area contributed by atoms with Crippen molar-refractivity contribution < 1.29 is 22.4 Å². The molecule has 0 fully saturated rings. The van der Waals surface area contributed by atoms with E-state index in [2.05, 4.69) is 5.32 Å². The Morgan fingerprint density at radius 3 is 2.18 bits per heavy atom.